The number of allylic oxidation sites excluding steroid dienone is 1. The Morgan fingerprint density at radius 2 is 1.78 bits per heavy atom. The molecule has 0 aliphatic carbocycles. The van der Waals surface area contributed by atoms with Crippen LogP contribution in [0.1, 0.15) is 17.3 Å². The number of hydrogen-bond donors (Lipinski definition) is 1. The lowest BCUT2D eigenvalue weighted by Crippen LogP contribution is -2.21. The van der Waals surface area contributed by atoms with Gasteiger partial charge in [0.25, 0.3) is 5.91 Å². The third-order valence-corrected chi connectivity index (χ3v) is 7.92. The van der Waals surface area contributed by atoms with Gasteiger partial charge in [-0.15, -0.1) is 0 Å². The van der Waals surface area contributed by atoms with Gasteiger partial charge >= 0.3 is 0 Å². The second-order valence-corrected chi connectivity index (χ2v) is 7.80. The minimum atomic E-state index is -0.195. The normalized spacial score (nSPS) is 11.3. The predicted octanol–water partition coefficient (Wildman–Crippen LogP) is 3.94. The maximum atomic E-state index is 12.1. The van der Waals surface area contributed by atoms with Crippen LogP contribution in [0.5, 0.6) is 0 Å². The quantitative estimate of drug-likeness (QED) is 0.172. The van der Waals surface area contributed by atoms with Gasteiger partial charge in [-0.1, -0.05) is 0 Å². The summed E-state index contributed by atoms with van der Waals surface area (Å²) in [4.78, 5) is 22.5. The Morgan fingerprint density at radius 1 is 1.17 bits per heavy atom. The molecule has 0 saturated heterocycles. The number of aldehydes is 1. The van der Waals surface area contributed by atoms with Crippen molar-refractivity contribution in [2.24, 2.45) is 0 Å². The van der Waals surface area contributed by atoms with E-state index in [1.807, 2.05) is 6.07 Å². The summed E-state index contributed by atoms with van der Waals surface area (Å²) in [5, 5.41) is 2.63. The molecule has 1 N–H and O–H groups in total. The Bertz CT molecular complexity index is 540. The van der Waals surface area contributed by atoms with Gasteiger partial charge in [0.05, 0.1) is 5.56 Å². The standard InChI is InChI=1S/C11H7I4NO2/c1-5(4-17)3-16-11(18)8-6(12)2-7(13)9(14)10(8)15/h2-4H,1H3,(H,16,18)/b5-3-. The smallest absolute Gasteiger partial charge is 0.257 e. The van der Waals surface area contributed by atoms with Crippen molar-refractivity contribution in [1.82, 2.24) is 5.32 Å². The minimum absolute atomic E-state index is 0.195. The van der Waals surface area contributed by atoms with Gasteiger partial charge in [-0.25, -0.2) is 0 Å². The van der Waals surface area contributed by atoms with E-state index in [9.17, 15) is 9.59 Å². The van der Waals surface area contributed by atoms with Crippen LogP contribution in [0, 0.1) is 14.3 Å². The van der Waals surface area contributed by atoms with E-state index >= 15 is 0 Å². The van der Waals surface area contributed by atoms with E-state index in [2.05, 4.69) is 95.7 Å². The minimum Gasteiger partial charge on any atom is -0.328 e. The van der Waals surface area contributed by atoms with E-state index in [-0.39, 0.29) is 5.91 Å². The van der Waals surface area contributed by atoms with Gasteiger partial charge in [-0.2, -0.15) is 0 Å². The summed E-state index contributed by atoms with van der Waals surface area (Å²) in [7, 11) is 0. The molecule has 1 aromatic carbocycles. The van der Waals surface area contributed by atoms with Crippen LogP contribution in [0.4, 0.5) is 0 Å². The molecule has 0 aliphatic rings. The fourth-order valence-corrected chi connectivity index (χ4v) is 5.35. The largest absolute Gasteiger partial charge is 0.328 e. The first-order valence-electron chi connectivity index (χ1n) is 4.64. The van der Waals surface area contributed by atoms with Crippen molar-refractivity contribution in [1.29, 1.82) is 0 Å². The fraction of sp³-hybridized carbons (Fsp3) is 0.0909. The summed E-state index contributed by atoms with van der Waals surface area (Å²) in [5.74, 6) is -0.195. The van der Waals surface area contributed by atoms with Crippen molar-refractivity contribution < 1.29 is 9.59 Å². The van der Waals surface area contributed by atoms with Crippen LogP contribution in [0.15, 0.2) is 17.8 Å². The third kappa shape index (κ3) is 4.26. The van der Waals surface area contributed by atoms with E-state index < -0.39 is 0 Å². The van der Waals surface area contributed by atoms with E-state index in [4.69, 9.17) is 0 Å². The first kappa shape index (κ1) is 17.1. The summed E-state index contributed by atoms with van der Waals surface area (Å²) in [6, 6.07) is 1.97. The molecule has 0 saturated carbocycles. The van der Waals surface area contributed by atoms with Crippen LogP contribution in [0.25, 0.3) is 0 Å². The SMILES string of the molecule is C/C(C=O)=C/NC(=O)c1c(I)cc(I)c(I)c1I. The first-order chi connectivity index (χ1) is 8.38. The molecule has 3 nitrogen and oxygen atoms in total. The van der Waals surface area contributed by atoms with Crippen LogP contribution >= 0.6 is 90.4 Å². The lowest BCUT2D eigenvalue weighted by molar-refractivity contribution is -0.104. The Hall–Kier alpha value is 1.02. The first-order valence-corrected chi connectivity index (χ1v) is 8.95. The molecule has 0 fully saturated rings. The Kier molecular flexibility index (Phi) is 7.31. The molecule has 0 spiro atoms. The van der Waals surface area contributed by atoms with Crippen molar-refractivity contribution in [2.75, 3.05) is 0 Å². The Balaban J connectivity index is 3.14. The zero-order chi connectivity index (χ0) is 13.9. The molecule has 1 rings (SSSR count). The second-order valence-electron chi connectivity index (χ2n) is 3.32. The van der Waals surface area contributed by atoms with Gasteiger partial charge in [-0.3, -0.25) is 9.59 Å². The number of carbonyl (C=O) groups excluding carboxylic acids is 2. The highest BCUT2D eigenvalue weighted by atomic mass is 127. The zero-order valence-electron chi connectivity index (χ0n) is 9.06. The summed E-state index contributed by atoms with van der Waals surface area (Å²) < 4.78 is 4.02. The number of benzene rings is 1. The lowest BCUT2D eigenvalue weighted by Gasteiger charge is -2.10. The highest BCUT2D eigenvalue weighted by Gasteiger charge is 2.17. The molecule has 96 valence electrons. The monoisotopic (exact) mass is 693 g/mol. The molecular weight excluding hydrogens is 686 g/mol. The number of rotatable bonds is 3. The third-order valence-electron chi connectivity index (χ3n) is 1.96. The topological polar surface area (TPSA) is 46.2 Å². The second kappa shape index (κ2) is 7.71. The van der Waals surface area contributed by atoms with E-state index in [0.29, 0.717) is 17.4 Å². The number of amides is 1. The Morgan fingerprint density at radius 3 is 2.33 bits per heavy atom. The lowest BCUT2D eigenvalue weighted by atomic mass is 10.2. The molecule has 0 atom stereocenters. The molecule has 0 bridgehead atoms. The molecule has 18 heavy (non-hydrogen) atoms. The van der Waals surface area contributed by atoms with Gasteiger partial charge in [0, 0.05) is 26.1 Å². The van der Waals surface area contributed by atoms with Crippen LogP contribution < -0.4 is 5.32 Å². The summed E-state index contributed by atoms with van der Waals surface area (Å²) in [5.41, 5.74) is 1.13. The molecule has 1 amide bonds. The van der Waals surface area contributed by atoms with Crippen LogP contribution in [-0.2, 0) is 4.79 Å². The van der Waals surface area contributed by atoms with E-state index in [1.165, 1.54) is 6.20 Å². The van der Waals surface area contributed by atoms with E-state index in [0.717, 1.165) is 14.3 Å². The van der Waals surface area contributed by atoms with Crippen molar-refractivity contribution >= 4 is 103 Å². The highest BCUT2D eigenvalue weighted by Crippen LogP contribution is 2.28. The van der Waals surface area contributed by atoms with Gasteiger partial charge in [-0.05, 0) is 103 Å². The molecular formula is C11H7I4NO2. The molecule has 0 aromatic heterocycles. The number of halogens is 4. The Labute approximate surface area is 159 Å². The van der Waals surface area contributed by atoms with Crippen molar-refractivity contribution in [2.45, 2.75) is 6.92 Å². The van der Waals surface area contributed by atoms with Gasteiger partial charge in [0.15, 0.2) is 0 Å². The number of carbonyl (C=O) groups is 2. The van der Waals surface area contributed by atoms with Crippen LogP contribution in [0.3, 0.4) is 0 Å². The number of hydrogen-bond acceptors (Lipinski definition) is 2. The summed E-state index contributed by atoms with van der Waals surface area (Å²) >= 11 is 8.79. The molecule has 1 aromatic rings. The maximum absolute atomic E-state index is 12.1. The van der Waals surface area contributed by atoms with Gasteiger partial charge in [0.1, 0.15) is 6.29 Å². The van der Waals surface area contributed by atoms with Crippen molar-refractivity contribution in [3.8, 4) is 0 Å². The average Bonchev–Trinajstić information content (AvgIpc) is 2.33. The van der Waals surface area contributed by atoms with Crippen molar-refractivity contribution in [3.63, 3.8) is 0 Å². The maximum Gasteiger partial charge on any atom is 0.257 e. The van der Waals surface area contributed by atoms with Gasteiger partial charge in [0.2, 0.25) is 0 Å². The number of nitrogens with one attached hydrogen (secondary N) is 1. The molecule has 0 heterocycles. The molecule has 7 heteroatoms. The average molecular weight is 693 g/mol. The molecule has 0 aliphatic heterocycles. The molecule has 0 unspecified atom stereocenters. The van der Waals surface area contributed by atoms with Crippen LogP contribution in [-0.4, -0.2) is 12.2 Å². The summed E-state index contributed by atoms with van der Waals surface area (Å²) in [6.07, 6.45) is 2.13. The van der Waals surface area contributed by atoms with Crippen molar-refractivity contribution in [3.05, 3.63) is 37.7 Å². The highest BCUT2D eigenvalue weighted by molar-refractivity contribution is 14.1. The van der Waals surface area contributed by atoms with E-state index in [1.54, 1.807) is 6.92 Å². The zero-order valence-corrected chi connectivity index (χ0v) is 17.7. The predicted molar refractivity (Wildman–Crippen MR) is 105 cm³/mol. The fourth-order valence-electron chi connectivity index (χ4n) is 1.06. The van der Waals surface area contributed by atoms with Gasteiger partial charge < -0.3 is 5.32 Å². The summed E-state index contributed by atoms with van der Waals surface area (Å²) in [6.45, 7) is 1.64. The molecule has 0 radical (unpaired) electrons. The van der Waals surface area contributed by atoms with Crippen LogP contribution in [0.2, 0.25) is 0 Å².